The van der Waals surface area contributed by atoms with Crippen molar-refractivity contribution in [2.45, 2.75) is 0 Å². The lowest BCUT2D eigenvalue weighted by Crippen LogP contribution is -1.94. The zero-order valence-corrected chi connectivity index (χ0v) is 27.5. The summed E-state index contributed by atoms with van der Waals surface area (Å²) in [5, 5.41) is 10.1. The van der Waals surface area contributed by atoms with Crippen LogP contribution in [0.4, 0.5) is 0 Å². The predicted molar refractivity (Wildman–Crippen MR) is 213 cm³/mol. The standard InChI is InChI=1S/C47H28N4/c1-4-13-41-33(8-1)34-9-2-5-14-42(34)49(41)31-19-16-29(17-20-31)30-18-22-44-38(26-30)36-11-7-12-37-39-27-32(21-23-45(39)51(44)47(36)37)50-43-15-6-3-10-35(43)40-28-48-25-24-46(40)50/h1-28H. The molecule has 0 saturated heterocycles. The van der Waals surface area contributed by atoms with Crippen molar-refractivity contribution in [1.29, 1.82) is 0 Å². The molecule has 0 radical (unpaired) electrons. The maximum atomic E-state index is 4.44. The summed E-state index contributed by atoms with van der Waals surface area (Å²) in [6.07, 6.45) is 3.87. The van der Waals surface area contributed by atoms with Crippen molar-refractivity contribution in [1.82, 2.24) is 18.5 Å². The molecule has 0 bridgehead atoms. The molecule has 236 valence electrons. The van der Waals surface area contributed by atoms with Gasteiger partial charge in [0.05, 0.1) is 38.6 Å². The van der Waals surface area contributed by atoms with Gasteiger partial charge in [0.1, 0.15) is 0 Å². The first-order chi connectivity index (χ1) is 25.3. The van der Waals surface area contributed by atoms with Gasteiger partial charge in [-0.25, -0.2) is 0 Å². The summed E-state index contributed by atoms with van der Waals surface area (Å²) in [6, 6.07) is 57.8. The number of fused-ring (bicyclic) bond motifs is 12. The fourth-order valence-electron chi connectivity index (χ4n) is 8.89. The molecule has 0 atom stereocenters. The lowest BCUT2D eigenvalue weighted by Gasteiger charge is -2.10. The Bertz CT molecular complexity index is 3250. The molecule has 5 aromatic heterocycles. The molecule has 0 saturated carbocycles. The molecule has 0 fully saturated rings. The van der Waals surface area contributed by atoms with Crippen LogP contribution in [-0.2, 0) is 0 Å². The highest BCUT2D eigenvalue weighted by molar-refractivity contribution is 6.24. The molecule has 7 aromatic carbocycles. The molecule has 4 heteroatoms. The molecule has 4 nitrogen and oxygen atoms in total. The van der Waals surface area contributed by atoms with Crippen molar-refractivity contribution in [3.63, 3.8) is 0 Å². The van der Waals surface area contributed by atoms with E-state index < -0.39 is 0 Å². The van der Waals surface area contributed by atoms with Crippen molar-refractivity contribution < 1.29 is 0 Å². The van der Waals surface area contributed by atoms with E-state index in [1.807, 2.05) is 12.4 Å². The molecule has 0 aliphatic heterocycles. The first kappa shape index (κ1) is 27.0. The number of hydrogen-bond acceptors (Lipinski definition) is 1. The Balaban J connectivity index is 1.01. The van der Waals surface area contributed by atoms with Gasteiger partial charge in [0, 0.05) is 66.9 Å². The fraction of sp³-hybridized carbons (Fsp3) is 0. The molecule has 0 aliphatic carbocycles. The third-order valence-electron chi connectivity index (χ3n) is 11.1. The normalized spacial score (nSPS) is 12.3. The van der Waals surface area contributed by atoms with Gasteiger partial charge in [0.15, 0.2) is 0 Å². The van der Waals surface area contributed by atoms with Crippen molar-refractivity contribution in [3.8, 4) is 22.5 Å². The summed E-state index contributed by atoms with van der Waals surface area (Å²) >= 11 is 0. The first-order valence-corrected chi connectivity index (χ1v) is 17.5. The van der Waals surface area contributed by atoms with Gasteiger partial charge in [0.2, 0.25) is 0 Å². The SMILES string of the molecule is c1ccc2c(c1)c1ccccc1n2-c1ccc(-c2ccc3c(c2)c2cccc4c5cc(-n6c7ccccc7c7cnccc76)ccc5n3c24)cc1. The summed E-state index contributed by atoms with van der Waals surface area (Å²) in [5.74, 6) is 0. The van der Waals surface area contributed by atoms with E-state index in [9.17, 15) is 0 Å². The minimum Gasteiger partial charge on any atom is -0.309 e. The smallest absolute Gasteiger partial charge is 0.0620 e. The molecule has 0 unspecified atom stereocenters. The summed E-state index contributed by atoms with van der Waals surface area (Å²) < 4.78 is 7.21. The van der Waals surface area contributed by atoms with Crippen LogP contribution in [0.5, 0.6) is 0 Å². The van der Waals surface area contributed by atoms with Crippen molar-refractivity contribution in [2.75, 3.05) is 0 Å². The van der Waals surface area contributed by atoms with Crippen LogP contribution in [0.3, 0.4) is 0 Å². The van der Waals surface area contributed by atoms with Gasteiger partial charge >= 0.3 is 0 Å². The zero-order chi connectivity index (χ0) is 33.2. The molecule has 0 N–H and O–H groups in total. The minimum atomic E-state index is 1.16. The number of rotatable bonds is 3. The monoisotopic (exact) mass is 648 g/mol. The van der Waals surface area contributed by atoms with Gasteiger partial charge in [-0.3, -0.25) is 4.98 Å². The second kappa shape index (κ2) is 9.84. The highest BCUT2D eigenvalue weighted by atomic mass is 15.0. The zero-order valence-electron chi connectivity index (χ0n) is 27.5. The second-order valence-corrected chi connectivity index (χ2v) is 13.6. The molecule has 5 heterocycles. The molecule has 12 rings (SSSR count). The first-order valence-electron chi connectivity index (χ1n) is 17.5. The number of benzene rings is 7. The van der Waals surface area contributed by atoms with Crippen LogP contribution < -0.4 is 0 Å². The lowest BCUT2D eigenvalue weighted by atomic mass is 10.0. The Kier molecular flexibility index (Phi) is 5.20. The Labute approximate surface area is 292 Å². The van der Waals surface area contributed by atoms with Crippen LogP contribution >= 0.6 is 0 Å². The summed E-state index contributed by atoms with van der Waals surface area (Å²) in [6.45, 7) is 0. The van der Waals surface area contributed by atoms with Gasteiger partial charge in [0.25, 0.3) is 0 Å². The van der Waals surface area contributed by atoms with E-state index in [-0.39, 0.29) is 0 Å². The highest BCUT2D eigenvalue weighted by Crippen LogP contribution is 2.42. The summed E-state index contributed by atoms with van der Waals surface area (Å²) in [4.78, 5) is 4.44. The van der Waals surface area contributed by atoms with Crippen LogP contribution in [0, 0.1) is 0 Å². The Morgan fingerprint density at radius 3 is 1.53 bits per heavy atom. The molecule has 0 amide bonds. The number of hydrogen-bond donors (Lipinski definition) is 0. The van der Waals surface area contributed by atoms with Crippen LogP contribution in [0.1, 0.15) is 0 Å². The number of para-hydroxylation sites is 4. The van der Waals surface area contributed by atoms with E-state index in [4.69, 9.17) is 0 Å². The average molecular weight is 649 g/mol. The van der Waals surface area contributed by atoms with Gasteiger partial charge < -0.3 is 13.5 Å². The molecular weight excluding hydrogens is 621 g/mol. The lowest BCUT2D eigenvalue weighted by molar-refractivity contribution is 1.18. The van der Waals surface area contributed by atoms with E-state index in [2.05, 4.69) is 176 Å². The topological polar surface area (TPSA) is 27.2 Å². The third kappa shape index (κ3) is 3.55. The average Bonchev–Trinajstić information content (AvgIpc) is 3.92. The van der Waals surface area contributed by atoms with Crippen LogP contribution in [0.25, 0.3) is 104 Å². The maximum absolute atomic E-state index is 4.44. The largest absolute Gasteiger partial charge is 0.309 e. The summed E-state index contributed by atoms with van der Waals surface area (Å²) in [5.41, 5.74) is 13.3. The van der Waals surface area contributed by atoms with Crippen LogP contribution in [0.2, 0.25) is 0 Å². The Morgan fingerprint density at radius 1 is 0.333 bits per heavy atom. The summed E-state index contributed by atoms with van der Waals surface area (Å²) in [7, 11) is 0. The van der Waals surface area contributed by atoms with Crippen molar-refractivity contribution in [2.24, 2.45) is 0 Å². The quantitative estimate of drug-likeness (QED) is 0.187. The predicted octanol–water partition coefficient (Wildman–Crippen LogP) is 12.1. The Hall–Kier alpha value is -6.91. The minimum absolute atomic E-state index is 1.16. The molecule has 12 aromatic rings. The number of pyridine rings is 1. The molecule has 0 aliphatic rings. The van der Waals surface area contributed by atoms with Crippen LogP contribution in [-0.4, -0.2) is 18.5 Å². The van der Waals surface area contributed by atoms with Crippen LogP contribution in [0.15, 0.2) is 170 Å². The highest BCUT2D eigenvalue weighted by Gasteiger charge is 2.20. The van der Waals surface area contributed by atoms with Crippen molar-refractivity contribution >= 4 is 81.7 Å². The van der Waals surface area contributed by atoms with E-state index in [0.29, 0.717) is 0 Å². The molecule has 0 spiro atoms. The van der Waals surface area contributed by atoms with Gasteiger partial charge in [-0.1, -0.05) is 91.0 Å². The van der Waals surface area contributed by atoms with E-state index in [1.54, 1.807) is 0 Å². The van der Waals surface area contributed by atoms with E-state index in [0.717, 1.165) is 5.69 Å². The Morgan fingerprint density at radius 2 is 0.843 bits per heavy atom. The third-order valence-corrected chi connectivity index (χ3v) is 11.1. The van der Waals surface area contributed by atoms with E-state index >= 15 is 0 Å². The van der Waals surface area contributed by atoms with Gasteiger partial charge in [-0.2, -0.15) is 0 Å². The van der Waals surface area contributed by atoms with Gasteiger partial charge in [-0.15, -0.1) is 0 Å². The fourth-order valence-corrected chi connectivity index (χ4v) is 8.89. The van der Waals surface area contributed by atoms with E-state index in [1.165, 1.54) is 98.5 Å². The van der Waals surface area contributed by atoms with Gasteiger partial charge in [-0.05, 0) is 77.9 Å². The maximum Gasteiger partial charge on any atom is 0.0620 e. The molecule has 51 heavy (non-hydrogen) atoms. The van der Waals surface area contributed by atoms with Crippen molar-refractivity contribution in [3.05, 3.63) is 170 Å². The number of aromatic nitrogens is 4. The number of nitrogens with zero attached hydrogens (tertiary/aromatic N) is 4. The second-order valence-electron chi connectivity index (χ2n) is 13.6. The molecular formula is C47H28N4.